The minimum absolute atomic E-state index is 0.399. The van der Waals surface area contributed by atoms with Crippen molar-refractivity contribution in [1.29, 1.82) is 0 Å². The van der Waals surface area contributed by atoms with Gasteiger partial charge in [-0.15, -0.1) is 11.3 Å². The van der Waals surface area contributed by atoms with Crippen molar-refractivity contribution in [2.24, 2.45) is 4.99 Å². The van der Waals surface area contributed by atoms with Crippen molar-refractivity contribution in [3.63, 3.8) is 0 Å². The van der Waals surface area contributed by atoms with E-state index in [2.05, 4.69) is 15.3 Å². The Hall–Kier alpha value is -2.29. The first-order chi connectivity index (χ1) is 12.8. The average Bonchev–Trinajstić information content (AvgIpc) is 3.10. The molecule has 1 aromatic heterocycles. The summed E-state index contributed by atoms with van der Waals surface area (Å²) in [4.78, 5) is 9.79. The van der Waals surface area contributed by atoms with E-state index in [-0.39, 0.29) is 0 Å². The summed E-state index contributed by atoms with van der Waals surface area (Å²) >= 11 is 1.02. The van der Waals surface area contributed by atoms with E-state index in [1.165, 1.54) is 0 Å². The van der Waals surface area contributed by atoms with Crippen LogP contribution >= 0.6 is 11.3 Å². The maximum atomic E-state index is 12.6. The molecule has 0 unspecified atom stereocenters. The van der Waals surface area contributed by atoms with Crippen molar-refractivity contribution in [2.75, 3.05) is 27.2 Å². The zero-order valence-corrected chi connectivity index (χ0v) is 16.3. The average molecular weight is 400 g/mol. The summed E-state index contributed by atoms with van der Waals surface area (Å²) in [6.45, 7) is 3.65. The molecule has 0 amide bonds. The molecule has 2 rings (SSSR count). The van der Waals surface area contributed by atoms with Gasteiger partial charge >= 0.3 is 6.18 Å². The molecule has 2 aromatic rings. The number of alkyl halides is 3. The molecule has 1 heterocycles. The fraction of sp³-hybridized carbons (Fsp3) is 0.444. The molecule has 0 aliphatic rings. The summed E-state index contributed by atoms with van der Waals surface area (Å²) in [6.07, 6.45) is -3.99. The number of guanidine groups is 1. The Balaban J connectivity index is 1.84. The number of rotatable bonds is 7. The molecule has 0 aliphatic heterocycles. The van der Waals surface area contributed by atoms with Crippen LogP contribution < -0.4 is 10.1 Å². The molecule has 27 heavy (non-hydrogen) atoms. The van der Waals surface area contributed by atoms with Crippen LogP contribution in [-0.4, -0.2) is 43.1 Å². The lowest BCUT2D eigenvalue weighted by molar-refractivity contribution is -0.140. The third-order valence-electron chi connectivity index (χ3n) is 3.69. The number of hydrogen-bond donors (Lipinski definition) is 1. The molecular weight excluding hydrogens is 377 g/mol. The van der Waals surface area contributed by atoms with Gasteiger partial charge in [0.15, 0.2) is 11.7 Å². The van der Waals surface area contributed by atoms with E-state index >= 15 is 0 Å². The molecule has 0 bridgehead atoms. The van der Waals surface area contributed by atoms with Gasteiger partial charge in [0.2, 0.25) is 0 Å². The predicted octanol–water partition coefficient (Wildman–Crippen LogP) is 3.81. The molecule has 0 saturated carbocycles. The van der Waals surface area contributed by atoms with E-state index in [9.17, 15) is 13.2 Å². The van der Waals surface area contributed by atoms with Gasteiger partial charge < -0.3 is 15.0 Å². The van der Waals surface area contributed by atoms with Crippen LogP contribution in [0.1, 0.15) is 23.2 Å². The molecule has 5 nitrogen and oxygen atoms in total. The van der Waals surface area contributed by atoms with Crippen molar-refractivity contribution in [3.8, 4) is 5.75 Å². The number of hydrogen-bond acceptors (Lipinski definition) is 4. The number of halogens is 3. The first kappa shape index (κ1) is 21.0. The quantitative estimate of drug-likeness (QED) is 0.567. The molecule has 0 aliphatic carbocycles. The SMILES string of the molecule is CCOc1ccc(CN(C)C(=NC)NCCc2nc(C(F)(F)F)cs2)cc1. The summed E-state index contributed by atoms with van der Waals surface area (Å²) in [5.74, 6) is 1.49. The van der Waals surface area contributed by atoms with Gasteiger partial charge in [0.05, 0.1) is 11.6 Å². The predicted molar refractivity (Wildman–Crippen MR) is 101 cm³/mol. The van der Waals surface area contributed by atoms with Crippen LogP contribution in [0.15, 0.2) is 34.6 Å². The summed E-state index contributed by atoms with van der Waals surface area (Å²) in [5, 5.41) is 4.64. The number of thiazole rings is 1. The van der Waals surface area contributed by atoms with Gasteiger partial charge in [-0.3, -0.25) is 4.99 Å². The topological polar surface area (TPSA) is 49.8 Å². The monoisotopic (exact) mass is 400 g/mol. The van der Waals surface area contributed by atoms with Gasteiger partial charge in [-0.25, -0.2) is 4.98 Å². The van der Waals surface area contributed by atoms with Crippen LogP contribution in [0.2, 0.25) is 0 Å². The van der Waals surface area contributed by atoms with Crippen molar-refractivity contribution in [2.45, 2.75) is 26.1 Å². The number of nitrogens with zero attached hydrogens (tertiary/aromatic N) is 3. The molecule has 1 aromatic carbocycles. The normalized spacial score (nSPS) is 12.1. The summed E-state index contributed by atoms with van der Waals surface area (Å²) < 4.78 is 43.2. The van der Waals surface area contributed by atoms with Crippen LogP contribution in [0.25, 0.3) is 0 Å². The Kier molecular flexibility index (Phi) is 7.46. The summed E-state index contributed by atoms with van der Waals surface area (Å²) in [5.41, 5.74) is 0.262. The fourth-order valence-corrected chi connectivity index (χ4v) is 3.23. The van der Waals surface area contributed by atoms with Crippen molar-refractivity contribution in [3.05, 3.63) is 45.9 Å². The highest BCUT2D eigenvalue weighted by Gasteiger charge is 2.33. The highest BCUT2D eigenvalue weighted by atomic mass is 32.1. The van der Waals surface area contributed by atoms with Crippen LogP contribution in [-0.2, 0) is 19.1 Å². The lowest BCUT2D eigenvalue weighted by Gasteiger charge is -2.22. The first-order valence-electron chi connectivity index (χ1n) is 8.48. The largest absolute Gasteiger partial charge is 0.494 e. The van der Waals surface area contributed by atoms with Gasteiger partial charge in [0, 0.05) is 39.0 Å². The van der Waals surface area contributed by atoms with E-state index < -0.39 is 11.9 Å². The van der Waals surface area contributed by atoms with E-state index in [0.29, 0.717) is 37.1 Å². The van der Waals surface area contributed by atoms with E-state index in [1.54, 1.807) is 7.05 Å². The highest BCUT2D eigenvalue weighted by Crippen LogP contribution is 2.30. The van der Waals surface area contributed by atoms with Crippen molar-refractivity contribution >= 4 is 17.3 Å². The van der Waals surface area contributed by atoms with Gasteiger partial charge in [-0.2, -0.15) is 13.2 Å². The van der Waals surface area contributed by atoms with Crippen LogP contribution in [0.5, 0.6) is 5.75 Å². The Morgan fingerprint density at radius 2 is 2.00 bits per heavy atom. The second-order valence-corrected chi connectivity index (χ2v) is 6.72. The minimum Gasteiger partial charge on any atom is -0.494 e. The number of benzene rings is 1. The van der Waals surface area contributed by atoms with Crippen molar-refractivity contribution < 1.29 is 17.9 Å². The minimum atomic E-state index is -4.39. The first-order valence-corrected chi connectivity index (χ1v) is 9.36. The maximum Gasteiger partial charge on any atom is 0.434 e. The third-order valence-corrected chi connectivity index (χ3v) is 4.60. The van der Waals surface area contributed by atoms with E-state index in [0.717, 1.165) is 28.0 Å². The van der Waals surface area contributed by atoms with Crippen LogP contribution in [0.3, 0.4) is 0 Å². The highest BCUT2D eigenvalue weighted by molar-refractivity contribution is 7.09. The second-order valence-electron chi connectivity index (χ2n) is 5.78. The number of aromatic nitrogens is 1. The standard InChI is InChI=1S/C18H23F3N4OS/c1-4-26-14-7-5-13(6-8-14)11-25(3)17(22-2)23-10-9-16-24-15(12-27-16)18(19,20)21/h5-8,12H,4,9-11H2,1-3H3,(H,22,23). The van der Waals surface area contributed by atoms with Gasteiger partial charge in [-0.1, -0.05) is 12.1 Å². The Morgan fingerprint density at radius 3 is 2.56 bits per heavy atom. The molecule has 0 spiro atoms. The van der Waals surface area contributed by atoms with Gasteiger partial charge in [0.1, 0.15) is 5.75 Å². The maximum absolute atomic E-state index is 12.6. The molecule has 148 valence electrons. The lowest BCUT2D eigenvalue weighted by Crippen LogP contribution is -2.39. The Labute approximate surface area is 160 Å². The molecule has 0 fully saturated rings. The molecule has 1 N–H and O–H groups in total. The fourth-order valence-electron chi connectivity index (χ4n) is 2.43. The van der Waals surface area contributed by atoms with Gasteiger partial charge in [0.25, 0.3) is 0 Å². The van der Waals surface area contributed by atoms with Crippen molar-refractivity contribution in [1.82, 2.24) is 15.2 Å². The van der Waals surface area contributed by atoms with E-state index in [4.69, 9.17) is 4.74 Å². The van der Waals surface area contributed by atoms with Crippen LogP contribution in [0, 0.1) is 0 Å². The third kappa shape index (κ3) is 6.42. The zero-order chi connectivity index (χ0) is 19.9. The smallest absolute Gasteiger partial charge is 0.434 e. The Bertz CT molecular complexity index is 744. The second kappa shape index (κ2) is 9.59. The molecule has 0 saturated heterocycles. The van der Waals surface area contributed by atoms with Gasteiger partial charge in [-0.05, 0) is 24.6 Å². The Morgan fingerprint density at radius 1 is 1.30 bits per heavy atom. The summed E-state index contributed by atoms with van der Waals surface area (Å²) in [7, 11) is 3.57. The molecular formula is C18H23F3N4OS. The molecule has 9 heteroatoms. The zero-order valence-electron chi connectivity index (χ0n) is 15.5. The van der Waals surface area contributed by atoms with E-state index in [1.807, 2.05) is 43.1 Å². The summed E-state index contributed by atoms with van der Waals surface area (Å²) in [6, 6.07) is 7.82. The molecule has 0 radical (unpaired) electrons. The number of nitrogens with one attached hydrogen (secondary N) is 1. The molecule has 0 atom stereocenters. The number of ether oxygens (including phenoxy) is 1. The van der Waals surface area contributed by atoms with Crippen LogP contribution in [0.4, 0.5) is 13.2 Å². The lowest BCUT2D eigenvalue weighted by atomic mass is 10.2. The number of aliphatic imine (C=N–C) groups is 1.